The molecule has 0 bridgehead atoms. The Kier molecular flexibility index (Phi) is 4.52. The van der Waals surface area contributed by atoms with Crippen LogP contribution in [0.15, 0.2) is 42.5 Å². The van der Waals surface area contributed by atoms with E-state index in [-0.39, 0.29) is 17.6 Å². The van der Waals surface area contributed by atoms with Crippen LogP contribution in [0.1, 0.15) is 47.3 Å². The Morgan fingerprint density at radius 1 is 1.19 bits per heavy atom. The number of carbonyl (C=O) groups is 2. The van der Waals surface area contributed by atoms with Gasteiger partial charge in [-0.05, 0) is 67.8 Å². The molecule has 0 radical (unpaired) electrons. The predicted molar refractivity (Wildman–Crippen MR) is 106 cm³/mol. The summed E-state index contributed by atoms with van der Waals surface area (Å²) in [4.78, 5) is 25.2. The molecule has 5 heteroatoms. The van der Waals surface area contributed by atoms with Gasteiger partial charge in [0.25, 0.3) is 5.91 Å². The maximum absolute atomic E-state index is 13.4. The number of aryl methyl sites for hydroxylation is 1. The molecular weight excluding hydrogens is 362 g/mol. The molecule has 138 valence electrons. The van der Waals surface area contributed by atoms with Crippen molar-refractivity contribution < 1.29 is 14.3 Å². The van der Waals surface area contributed by atoms with Crippen molar-refractivity contribution in [1.29, 1.82) is 0 Å². The highest BCUT2D eigenvalue weighted by Crippen LogP contribution is 2.43. The standard InChI is InChI=1S/C22H20ClNO3/c1-13(25)11-15-5-9-18-19-12-17(27-2)8-10-20(19)24(21(15)18)22(26)14-3-6-16(23)7-4-14/h3-4,6-8,10,12,15H,5,9,11H2,1-2H3. The first-order valence-corrected chi connectivity index (χ1v) is 9.38. The lowest BCUT2D eigenvalue weighted by Crippen LogP contribution is -2.17. The Morgan fingerprint density at radius 3 is 2.59 bits per heavy atom. The number of ether oxygens (including phenoxy) is 1. The second kappa shape index (κ2) is 6.86. The van der Waals surface area contributed by atoms with E-state index in [0.29, 0.717) is 17.0 Å². The highest BCUT2D eigenvalue weighted by molar-refractivity contribution is 6.30. The zero-order chi connectivity index (χ0) is 19.1. The number of rotatable bonds is 4. The Balaban J connectivity index is 1.94. The summed E-state index contributed by atoms with van der Waals surface area (Å²) in [6.45, 7) is 1.61. The number of halogens is 1. The fourth-order valence-electron chi connectivity index (χ4n) is 4.11. The Bertz CT molecular complexity index is 1050. The van der Waals surface area contributed by atoms with Crippen molar-refractivity contribution in [2.75, 3.05) is 7.11 Å². The number of hydrogen-bond acceptors (Lipinski definition) is 3. The molecule has 3 aromatic rings. The highest BCUT2D eigenvalue weighted by Gasteiger charge is 2.33. The minimum Gasteiger partial charge on any atom is -0.497 e. The third-order valence-electron chi connectivity index (χ3n) is 5.28. The van der Waals surface area contributed by atoms with E-state index in [1.54, 1.807) is 42.9 Å². The number of benzene rings is 2. The van der Waals surface area contributed by atoms with Crippen molar-refractivity contribution in [2.45, 2.75) is 32.1 Å². The molecule has 4 nitrogen and oxygen atoms in total. The van der Waals surface area contributed by atoms with Crippen LogP contribution in [0.25, 0.3) is 10.9 Å². The van der Waals surface area contributed by atoms with Gasteiger partial charge >= 0.3 is 0 Å². The number of aromatic nitrogens is 1. The molecule has 1 aliphatic rings. The van der Waals surface area contributed by atoms with Crippen LogP contribution in [0.4, 0.5) is 0 Å². The number of methoxy groups -OCH3 is 1. The topological polar surface area (TPSA) is 48.3 Å². The molecule has 2 aromatic carbocycles. The van der Waals surface area contributed by atoms with Crippen LogP contribution < -0.4 is 4.74 Å². The molecule has 1 atom stereocenters. The van der Waals surface area contributed by atoms with Gasteiger partial charge in [-0.2, -0.15) is 0 Å². The van der Waals surface area contributed by atoms with Crippen LogP contribution >= 0.6 is 11.6 Å². The van der Waals surface area contributed by atoms with Crippen molar-refractivity contribution in [3.63, 3.8) is 0 Å². The number of Topliss-reactive ketones (excluding diaryl/α,β-unsaturated/α-hetero) is 1. The van der Waals surface area contributed by atoms with Crippen molar-refractivity contribution in [1.82, 2.24) is 4.57 Å². The van der Waals surface area contributed by atoms with Crippen molar-refractivity contribution in [2.24, 2.45) is 0 Å². The number of fused-ring (bicyclic) bond motifs is 3. The molecule has 0 N–H and O–H groups in total. The molecule has 0 saturated carbocycles. The van der Waals surface area contributed by atoms with Gasteiger partial charge in [0, 0.05) is 34.0 Å². The van der Waals surface area contributed by atoms with Crippen LogP contribution in [0.5, 0.6) is 5.75 Å². The monoisotopic (exact) mass is 381 g/mol. The Hall–Kier alpha value is -2.59. The first-order valence-electron chi connectivity index (χ1n) is 9.00. The minimum absolute atomic E-state index is 0.0622. The second-order valence-corrected chi connectivity index (χ2v) is 7.47. The van der Waals surface area contributed by atoms with Gasteiger partial charge in [-0.25, -0.2) is 0 Å². The minimum atomic E-state index is -0.0986. The maximum Gasteiger partial charge on any atom is 0.262 e. The summed E-state index contributed by atoms with van der Waals surface area (Å²) < 4.78 is 7.16. The fraction of sp³-hybridized carbons (Fsp3) is 0.273. The molecule has 1 aromatic heterocycles. The summed E-state index contributed by atoms with van der Waals surface area (Å²) in [5.74, 6) is 0.864. The van der Waals surface area contributed by atoms with Crippen molar-refractivity contribution >= 4 is 34.2 Å². The molecule has 1 heterocycles. The van der Waals surface area contributed by atoms with Gasteiger partial charge in [0.1, 0.15) is 11.5 Å². The summed E-state index contributed by atoms with van der Waals surface area (Å²) in [5.41, 5.74) is 3.54. The van der Waals surface area contributed by atoms with Crippen LogP contribution in [0.2, 0.25) is 5.02 Å². The second-order valence-electron chi connectivity index (χ2n) is 7.04. The van der Waals surface area contributed by atoms with Crippen molar-refractivity contribution in [3.8, 4) is 5.75 Å². The third kappa shape index (κ3) is 3.04. The number of ketones is 1. The van der Waals surface area contributed by atoms with Gasteiger partial charge < -0.3 is 9.53 Å². The lowest BCUT2D eigenvalue weighted by atomic mass is 10.0. The third-order valence-corrected chi connectivity index (χ3v) is 5.53. The molecule has 1 aliphatic carbocycles. The van der Waals surface area contributed by atoms with E-state index in [4.69, 9.17) is 16.3 Å². The molecule has 1 unspecified atom stereocenters. The van der Waals surface area contributed by atoms with E-state index >= 15 is 0 Å². The Labute approximate surface area is 162 Å². The van der Waals surface area contributed by atoms with Gasteiger partial charge in [-0.3, -0.25) is 9.36 Å². The van der Waals surface area contributed by atoms with E-state index in [9.17, 15) is 9.59 Å². The van der Waals surface area contributed by atoms with Crippen LogP contribution in [0, 0.1) is 0 Å². The molecule has 27 heavy (non-hydrogen) atoms. The maximum atomic E-state index is 13.4. The highest BCUT2D eigenvalue weighted by atomic mass is 35.5. The molecule has 0 saturated heterocycles. The largest absolute Gasteiger partial charge is 0.497 e. The van der Waals surface area contributed by atoms with Gasteiger partial charge in [-0.1, -0.05) is 11.6 Å². The summed E-state index contributed by atoms with van der Waals surface area (Å²) in [6.07, 6.45) is 2.19. The zero-order valence-electron chi connectivity index (χ0n) is 15.3. The number of hydrogen-bond donors (Lipinski definition) is 0. The predicted octanol–water partition coefficient (Wildman–Crippen LogP) is 5.00. The van der Waals surface area contributed by atoms with Crippen LogP contribution in [0.3, 0.4) is 0 Å². The summed E-state index contributed by atoms with van der Waals surface area (Å²) in [6, 6.07) is 12.7. The van der Waals surface area contributed by atoms with E-state index in [2.05, 4.69) is 0 Å². The molecular formula is C22H20ClNO3. The van der Waals surface area contributed by atoms with E-state index in [1.807, 2.05) is 18.2 Å². The number of carbonyl (C=O) groups excluding carboxylic acids is 2. The SMILES string of the molecule is COc1ccc2c(c1)c1c(n2C(=O)c2ccc(Cl)cc2)C(CC(C)=O)CC1. The first kappa shape index (κ1) is 17.8. The van der Waals surface area contributed by atoms with Gasteiger partial charge in [0.05, 0.1) is 12.6 Å². The average Bonchev–Trinajstić information content (AvgIpc) is 3.19. The average molecular weight is 382 g/mol. The first-order chi connectivity index (χ1) is 13.0. The van der Waals surface area contributed by atoms with E-state index in [0.717, 1.165) is 40.8 Å². The number of nitrogens with zero attached hydrogens (tertiary/aromatic N) is 1. The fourth-order valence-corrected chi connectivity index (χ4v) is 4.24. The molecule has 4 rings (SSSR count). The Morgan fingerprint density at radius 2 is 1.93 bits per heavy atom. The zero-order valence-corrected chi connectivity index (χ0v) is 16.0. The van der Waals surface area contributed by atoms with Gasteiger partial charge in [-0.15, -0.1) is 0 Å². The van der Waals surface area contributed by atoms with E-state index < -0.39 is 0 Å². The van der Waals surface area contributed by atoms with Crippen LogP contribution in [-0.2, 0) is 11.2 Å². The lowest BCUT2D eigenvalue weighted by Gasteiger charge is -2.15. The quantitative estimate of drug-likeness (QED) is 0.638. The van der Waals surface area contributed by atoms with Crippen molar-refractivity contribution in [3.05, 3.63) is 64.3 Å². The van der Waals surface area contributed by atoms with Crippen LogP contribution in [-0.4, -0.2) is 23.4 Å². The molecule has 0 amide bonds. The van der Waals surface area contributed by atoms with Gasteiger partial charge in [0.2, 0.25) is 0 Å². The summed E-state index contributed by atoms with van der Waals surface area (Å²) >= 11 is 5.97. The molecule has 0 spiro atoms. The van der Waals surface area contributed by atoms with Gasteiger partial charge in [0.15, 0.2) is 0 Å². The lowest BCUT2D eigenvalue weighted by molar-refractivity contribution is -0.117. The van der Waals surface area contributed by atoms with E-state index in [1.165, 1.54) is 0 Å². The summed E-state index contributed by atoms with van der Waals surface area (Å²) in [5, 5.41) is 1.62. The smallest absolute Gasteiger partial charge is 0.262 e. The molecule has 0 fully saturated rings. The summed E-state index contributed by atoms with van der Waals surface area (Å²) in [7, 11) is 1.63. The normalized spacial score (nSPS) is 15.7. The molecule has 0 aliphatic heterocycles.